The van der Waals surface area contributed by atoms with Crippen molar-refractivity contribution in [3.8, 4) is 0 Å². The largest absolute Gasteiger partial charge is 0.378 e. The highest BCUT2D eigenvalue weighted by Crippen LogP contribution is 2.31. The number of hydrogen-bond acceptors (Lipinski definition) is 3. The van der Waals surface area contributed by atoms with Gasteiger partial charge in [-0.3, -0.25) is 5.10 Å². The molecule has 138 valence electrons. The van der Waals surface area contributed by atoms with Crippen LogP contribution in [-0.2, 0) is 6.42 Å². The van der Waals surface area contributed by atoms with Gasteiger partial charge in [-0.05, 0) is 56.4 Å². The number of aromatic amines is 1. The van der Waals surface area contributed by atoms with E-state index in [1.165, 1.54) is 24.1 Å². The minimum atomic E-state index is 0.0166. The van der Waals surface area contributed by atoms with Gasteiger partial charge in [-0.2, -0.15) is 5.10 Å². The first kappa shape index (κ1) is 16.9. The first-order chi connectivity index (χ1) is 12.8. The average molecular weight is 353 g/mol. The van der Waals surface area contributed by atoms with Crippen LogP contribution in [0.4, 0.5) is 16.2 Å². The third-order valence-electron chi connectivity index (χ3n) is 5.42. The van der Waals surface area contributed by atoms with E-state index in [-0.39, 0.29) is 6.03 Å². The lowest BCUT2D eigenvalue weighted by Crippen LogP contribution is -2.35. The molecular weight excluding hydrogens is 326 g/mol. The number of aryl methyl sites for hydroxylation is 1. The van der Waals surface area contributed by atoms with Crippen LogP contribution in [0.3, 0.4) is 0 Å². The first-order valence-electron chi connectivity index (χ1n) is 9.74. The highest BCUT2D eigenvalue weighted by Gasteiger charge is 2.21. The highest BCUT2D eigenvalue weighted by atomic mass is 16.2. The second kappa shape index (κ2) is 7.81. The maximum absolute atomic E-state index is 12.4. The third kappa shape index (κ3) is 3.84. The topological polar surface area (TPSA) is 73.0 Å². The molecule has 2 aromatic rings. The fraction of sp³-hybridized carbons (Fsp3) is 0.500. The standard InChI is InChI=1S/C20H27N5O/c26-20(25-12-3-1-2-4-13-25)23-16-10-8-15(9-11-16)22-18-6-5-7-19-17(18)14-21-24-19/h8-11,14,18,22H,1-7,12-13H2,(H,21,24)(H,23,26). The summed E-state index contributed by atoms with van der Waals surface area (Å²) in [7, 11) is 0. The molecule has 1 atom stereocenters. The quantitative estimate of drug-likeness (QED) is 0.770. The maximum Gasteiger partial charge on any atom is 0.321 e. The van der Waals surface area contributed by atoms with Crippen LogP contribution in [0.2, 0.25) is 0 Å². The fourth-order valence-corrected chi connectivity index (χ4v) is 3.94. The number of likely N-dealkylation sites (tertiary alicyclic amines) is 1. The van der Waals surface area contributed by atoms with Gasteiger partial charge in [-0.25, -0.2) is 4.79 Å². The number of H-pyrrole nitrogens is 1. The molecule has 0 spiro atoms. The van der Waals surface area contributed by atoms with Gasteiger partial charge in [0.15, 0.2) is 0 Å². The fourth-order valence-electron chi connectivity index (χ4n) is 3.94. The van der Waals surface area contributed by atoms with Crippen molar-refractivity contribution in [1.82, 2.24) is 15.1 Å². The van der Waals surface area contributed by atoms with Gasteiger partial charge < -0.3 is 15.5 Å². The van der Waals surface area contributed by atoms with Crippen LogP contribution in [0.15, 0.2) is 30.5 Å². The summed E-state index contributed by atoms with van der Waals surface area (Å²) < 4.78 is 0. The van der Waals surface area contributed by atoms with E-state index in [4.69, 9.17) is 0 Å². The maximum atomic E-state index is 12.4. The molecule has 1 aromatic carbocycles. The number of carbonyl (C=O) groups excluding carboxylic acids is 1. The van der Waals surface area contributed by atoms with Crippen LogP contribution in [-0.4, -0.2) is 34.2 Å². The Morgan fingerprint density at radius 1 is 1.04 bits per heavy atom. The molecule has 1 aliphatic carbocycles. The molecule has 4 rings (SSSR count). The van der Waals surface area contributed by atoms with Crippen molar-refractivity contribution in [1.29, 1.82) is 0 Å². The molecule has 26 heavy (non-hydrogen) atoms. The number of nitrogens with one attached hydrogen (secondary N) is 3. The molecular formula is C20H27N5O. The Morgan fingerprint density at radius 3 is 2.54 bits per heavy atom. The van der Waals surface area contributed by atoms with E-state index in [2.05, 4.69) is 20.8 Å². The van der Waals surface area contributed by atoms with Crippen molar-refractivity contribution in [3.05, 3.63) is 41.7 Å². The number of benzene rings is 1. The molecule has 0 saturated carbocycles. The molecule has 1 fully saturated rings. The Bertz CT molecular complexity index is 731. The summed E-state index contributed by atoms with van der Waals surface area (Å²) in [5.41, 5.74) is 4.43. The van der Waals surface area contributed by atoms with Gasteiger partial charge in [-0.1, -0.05) is 12.8 Å². The van der Waals surface area contributed by atoms with Crippen molar-refractivity contribution in [3.63, 3.8) is 0 Å². The summed E-state index contributed by atoms with van der Waals surface area (Å²) in [6.07, 6.45) is 9.95. The zero-order valence-corrected chi connectivity index (χ0v) is 15.1. The molecule has 1 saturated heterocycles. The molecule has 6 heteroatoms. The second-order valence-corrected chi connectivity index (χ2v) is 7.30. The molecule has 1 aromatic heterocycles. The summed E-state index contributed by atoms with van der Waals surface area (Å²) in [6.45, 7) is 1.72. The molecule has 2 aliphatic rings. The number of amides is 2. The lowest BCUT2D eigenvalue weighted by Gasteiger charge is -2.24. The molecule has 1 aliphatic heterocycles. The monoisotopic (exact) mass is 353 g/mol. The zero-order chi connectivity index (χ0) is 17.8. The predicted molar refractivity (Wildman–Crippen MR) is 103 cm³/mol. The normalized spacial score (nSPS) is 20.2. The van der Waals surface area contributed by atoms with E-state index in [1.54, 1.807) is 0 Å². The van der Waals surface area contributed by atoms with Gasteiger partial charge in [0.2, 0.25) is 0 Å². The van der Waals surface area contributed by atoms with Crippen LogP contribution < -0.4 is 10.6 Å². The summed E-state index contributed by atoms with van der Waals surface area (Å²) in [5, 5.41) is 13.9. The SMILES string of the molecule is O=C(Nc1ccc(NC2CCCc3[nH]ncc32)cc1)N1CCCCCC1. The molecule has 1 unspecified atom stereocenters. The number of urea groups is 1. The third-order valence-corrected chi connectivity index (χ3v) is 5.42. The number of carbonyl (C=O) groups is 1. The van der Waals surface area contributed by atoms with Gasteiger partial charge >= 0.3 is 6.03 Å². The van der Waals surface area contributed by atoms with Gasteiger partial charge in [0.25, 0.3) is 0 Å². The Morgan fingerprint density at radius 2 is 1.77 bits per heavy atom. The summed E-state index contributed by atoms with van der Waals surface area (Å²) >= 11 is 0. The molecule has 2 heterocycles. The number of anilines is 2. The van der Waals surface area contributed by atoms with Gasteiger partial charge in [-0.15, -0.1) is 0 Å². The molecule has 3 N–H and O–H groups in total. The molecule has 0 radical (unpaired) electrons. The van der Waals surface area contributed by atoms with E-state index in [9.17, 15) is 4.79 Å². The highest BCUT2D eigenvalue weighted by molar-refractivity contribution is 5.89. The minimum absolute atomic E-state index is 0.0166. The predicted octanol–water partition coefficient (Wildman–Crippen LogP) is 4.31. The Hall–Kier alpha value is -2.50. The number of fused-ring (bicyclic) bond motifs is 1. The van der Waals surface area contributed by atoms with Gasteiger partial charge in [0.05, 0.1) is 12.2 Å². The van der Waals surface area contributed by atoms with Crippen molar-refractivity contribution in [2.75, 3.05) is 23.7 Å². The van der Waals surface area contributed by atoms with E-state index >= 15 is 0 Å². The van der Waals surface area contributed by atoms with Crippen LogP contribution in [0.5, 0.6) is 0 Å². The molecule has 2 amide bonds. The van der Waals surface area contributed by atoms with Crippen molar-refractivity contribution in [2.24, 2.45) is 0 Å². The first-order valence-corrected chi connectivity index (χ1v) is 9.74. The van der Waals surface area contributed by atoms with E-state index < -0.39 is 0 Å². The summed E-state index contributed by atoms with van der Waals surface area (Å²) in [6, 6.07) is 8.32. The molecule has 0 bridgehead atoms. The zero-order valence-electron chi connectivity index (χ0n) is 15.1. The van der Waals surface area contributed by atoms with Gasteiger partial charge in [0.1, 0.15) is 0 Å². The molecule has 6 nitrogen and oxygen atoms in total. The van der Waals surface area contributed by atoms with E-state index in [0.717, 1.165) is 56.6 Å². The van der Waals surface area contributed by atoms with Crippen LogP contribution in [0, 0.1) is 0 Å². The lowest BCUT2D eigenvalue weighted by molar-refractivity contribution is 0.214. The summed E-state index contributed by atoms with van der Waals surface area (Å²) in [5.74, 6) is 0. The van der Waals surface area contributed by atoms with Crippen LogP contribution in [0.1, 0.15) is 55.8 Å². The Kier molecular flexibility index (Phi) is 5.09. The van der Waals surface area contributed by atoms with Crippen molar-refractivity contribution >= 4 is 17.4 Å². The van der Waals surface area contributed by atoms with Crippen LogP contribution >= 0.6 is 0 Å². The minimum Gasteiger partial charge on any atom is -0.378 e. The number of nitrogens with zero attached hydrogens (tertiary/aromatic N) is 2. The Balaban J connectivity index is 1.36. The summed E-state index contributed by atoms with van der Waals surface area (Å²) in [4.78, 5) is 14.4. The lowest BCUT2D eigenvalue weighted by atomic mass is 9.93. The number of hydrogen-bond donors (Lipinski definition) is 3. The van der Waals surface area contributed by atoms with Crippen LogP contribution in [0.25, 0.3) is 0 Å². The number of rotatable bonds is 3. The van der Waals surface area contributed by atoms with E-state index in [0.29, 0.717) is 6.04 Å². The van der Waals surface area contributed by atoms with Gasteiger partial charge in [0, 0.05) is 35.7 Å². The second-order valence-electron chi connectivity index (χ2n) is 7.30. The average Bonchev–Trinajstić information content (AvgIpc) is 2.98. The van der Waals surface area contributed by atoms with Crippen molar-refractivity contribution in [2.45, 2.75) is 51.0 Å². The smallest absolute Gasteiger partial charge is 0.321 e. The number of aromatic nitrogens is 2. The van der Waals surface area contributed by atoms with Crippen molar-refractivity contribution < 1.29 is 4.79 Å². The van der Waals surface area contributed by atoms with E-state index in [1.807, 2.05) is 35.4 Å². The Labute approximate surface area is 154 Å².